The monoisotopic (exact) mass is 270 g/mol. The number of rotatable bonds is 7. The Morgan fingerprint density at radius 1 is 1.22 bits per heavy atom. The first kappa shape index (κ1) is 15.8. The van der Waals surface area contributed by atoms with Crippen LogP contribution in [0.5, 0.6) is 0 Å². The molecule has 0 bridgehead atoms. The molecule has 0 saturated carbocycles. The van der Waals surface area contributed by atoms with Crippen molar-refractivity contribution in [3.63, 3.8) is 0 Å². The van der Waals surface area contributed by atoms with Crippen LogP contribution in [0.15, 0.2) is 23.8 Å². The minimum absolute atomic E-state index is 0.193. The van der Waals surface area contributed by atoms with Crippen LogP contribution in [-0.2, 0) is 9.47 Å². The summed E-state index contributed by atoms with van der Waals surface area (Å²) in [5.74, 6) is 2.02. The standard InChI is InChI=1S/C15H26O2S/c1-11(2)13-6-5-7-14(12(3)4)15(13)17-9-8-16-10-18/h5-7,11-13,15,18H,8-10H2,1-4H3. The van der Waals surface area contributed by atoms with Crippen molar-refractivity contribution in [2.75, 3.05) is 19.2 Å². The average molecular weight is 270 g/mol. The molecule has 2 nitrogen and oxygen atoms in total. The first-order valence-corrected chi connectivity index (χ1v) is 7.39. The quantitative estimate of drug-likeness (QED) is 0.432. The molecule has 0 aliphatic heterocycles. The van der Waals surface area contributed by atoms with E-state index in [4.69, 9.17) is 9.47 Å². The van der Waals surface area contributed by atoms with E-state index in [-0.39, 0.29) is 6.10 Å². The van der Waals surface area contributed by atoms with Gasteiger partial charge in [-0.3, -0.25) is 0 Å². The Morgan fingerprint density at radius 3 is 2.50 bits per heavy atom. The summed E-state index contributed by atoms with van der Waals surface area (Å²) in [5.41, 5.74) is 1.39. The number of hydrogen-bond donors (Lipinski definition) is 1. The number of hydrogen-bond acceptors (Lipinski definition) is 3. The molecule has 0 aromatic rings. The van der Waals surface area contributed by atoms with Gasteiger partial charge in [0.25, 0.3) is 0 Å². The molecule has 2 unspecified atom stereocenters. The third-order valence-corrected chi connectivity index (χ3v) is 3.54. The molecule has 0 heterocycles. The molecule has 0 radical (unpaired) electrons. The lowest BCUT2D eigenvalue weighted by Gasteiger charge is -2.34. The van der Waals surface area contributed by atoms with Crippen LogP contribution in [0.25, 0.3) is 0 Å². The van der Waals surface area contributed by atoms with E-state index in [1.807, 2.05) is 0 Å². The SMILES string of the molecule is CC(C)C1=CC=CC(C(C)C)C1OCCOCS. The van der Waals surface area contributed by atoms with E-state index in [9.17, 15) is 0 Å². The maximum Gasteiger partial charge on any atom is 0.0893 e. The number of thiol groups is 1. The van der Waals surface area contributed by atoms with Crippen LogP contribution in [0, 0.1) is 17.8 Å². The van der Waals surface area contributed by atoms with E-state index in [1.165, 1.54) is 5.57 Å². The third kappa shape index (κ3) is 4.45. The Balaban J connectivity index is 2.65. The first-order valence-electron chi connectivity index (χ1n) is 6.76. The van der Waals surface area contributed by atoms with Crippen molar-refractivity contribution in [1.29, 1.82) is 0 Å². The van der Waals surface area contributed by atoms with Crippen LogP contribution < -0.4 is 0 Å². The predicted molar refractivity (Wildman–Crippen MR) is 79.9 cm³/mol. The van der Waals surface area contributed by atoms with Gasteiger partial charge in [0.2, 0.25) is 0 Å². The Kier molecular flexibility index (Phi) is 7.05. The Hall–Kier alpha value is -0.250. The van der Waals surface area contributed by atoms with Gasteiger partial charge in [-0.1, -0.05) is 45.9 Å². The Morgan fingerprint density at radius 2 is 1.94 bits per heavy atom. The lowest BCUT2D eigenvalue weighted by molar-refractivity contribution is 0.000305. The van der Waals surface area contributed by atoms with Gasteiger partial charge in [-0.25, -0.2) is 0 Å². The molecular weight excluding hydrogens is 244 g/mol. The lowest BCUT2D eigenvalue weighted by atomic mass is 9.79. The van der Waals surface area contributed by atoms with Crippen LogP contribution in [0.4, 0.5) is 0 Å². The fraction of sp³-hybridized carbons (Fsp3) is 0.733. The van der Waals surface area contributed by atoms with Gasteiger partial charge in [0.1, 0.15) is 0 Å². The highest BCUT2D eigenvalue weighted by molar-refractivity contribution is 7.80. The normalized spacial score (nSPS) is 23.8. The summed E-state index contributed by atoms with van der Waals surface area (Å²) in [7, 11) is 0. The predicted octanol–water partition coefficient (Wildman–Crippen LogP) is 3.70. The summed E-state index contributed by atoms with van der Waals surface area (Å²) >= 11 is 4.02. The van der Waals surface area contributed by atoms with E-state index in [0.717, 1.165) is 0 Å². The van der Waals surface area contributed by atoms with Crippen molar-refractivity contribution >= 4 is 12.6 Å². The number of ether oxygens (including phenoxy) is 2. The molecule has 104 valence electrons. The fourth-order valence-corrected chi connectivity index (χ4v) is 2.44. The average Bonchev–Trinajstić information content (AvgIpc) is 2.34. The zero-order chi connectivity index (χ0) is 13.5. The van der Waals surface area contributed by atoms with Gasteiger partial charge in [0, 0.05) is 5.92 Å². The first-order chi connectivity index (χ1) is 8.57. The molecule has 0 amide bonds. The molecule has 0 N–H and O–H groups in total. The van der Waals surface area contributed by atoms with Gasteiger partial charge in [0.05, 0.1) is 25.3 Å². The molecule has 3 heteroatoms. The summed E-state index contributed by atoms with van der Waals surface area (Å²) in [6, 6.07) is 0. The van der Waals surface area contributed by atoms with Gasteiger partial charge in [-0.05, 0) is 17.4 Å². The third-order valence-electron chi connectivity index (χ3n) is 3.35. The molecular formula is C15H26O2S. The Labute approximate surface area is 117 Å². The minimum atomic E-state index is 0.193. The number of allylic oxidation sites excluding steroid dienone is 2. The van der Waals surface area contributed by atoms with Gasteiger partial charge < -0.3 is 9.47 Å². The van der Waals surface area contributed by atoms with Crippen LogP contribution in [0.2, 0.25) is 0 Å². The van der Waals surface area contributed by atoms with Crippen LogP contribution in [-0.4, -0.2) is 25.3 Å². The van der Waals surface area contributed by atoms with Crippen molar-refractivity contribution in [1.82, 2.24) is 0 Å². The van der Waals surface area contributed by atoms with Gasteiger partial charge in [-0.15, -0.1) is 0 Å². The highest BCUT2D eigenvalue weighted by Gasteiger charge is 2.29. The second-order valence-electron chi connectivity index (χ2n) is 5.36. The van der Waals surface area contributed by atoms with E-state index in [2.05, 4.69) is 58.6 Å². The second kappa shape index (κ2) is 8.03. The molecule has 0 aromatic heterocycles. The molecule has 18 heavy (non-hydrogen) atoms. The minimum Gasteiger partial charge on any atom is -0.371 e. The highest BCUT2D eigenvalue weighted by atomic mass is 32.1. The van der Waals surface area contributed by atoms with Crippen molar-refractivity contribution in [3.05, 3.63) is 23.8 Å². The van der Waals surface area contributed by atoms with Crippen molar-refractivity contribution in [2.45, 2.75) is 33.8 Å². The maximum absolute atomic E-state index is 6.05. The van der Waals surface area contributed by atoms with Crippen molar-refractivity contribution in [3.8, 4) is 0 Å². The largest absolute Gasteiger partial charge is 0.371 e. The lowest BCUT2D eigenvalue weighted by Crippen LogP contribution is -2.33. The summed E-state index contributed by atoms with van der Waals surface area (Å²) < 4.78 is 11.3. The second-order valence-corrected chi connectivity index (χ2v) is 5.61. The summed E-state index contributed by atoms with van der Waals surface area (Å²) in [6.45, 7) is 10.2. The molecule has 1 aliphatic carbocycles. The molecule has 0 saturated heterocycles. The molecule has 2 atom stereocenters. The van der Waals surface area contributed by atoms with Crippen molar-refractivity contribution < 1.29 is 9.47 Å². The van der Waals surface area contributed by atoms with Crippen LogP contribution >= 0.6 is 12.6 Å². The highest BCUT2D eigenvalue weighted by Crippen LogP contribution is 2.32. The van der Waals surface area contributed by atoms with Gasteiger partial charge in [0.15, 0.2) is 0 Å². The fourth-order valence-electron chi connectivity index (χ4n) is 2.31. The zero-order valence-electron chi connectivity index (χ0n) is 11.9. The zero-order valence-corrected chi connectivity index (χ0v) is 12.8. The molecule has 1 aliphatic rings. The molecule has 0 spiro atoms. The van der Waals surface area contributed by atoms with Gasteiger partial charge >= 0.3 is 0 Å². The Bertz CT molecular complexity index is 295. The summed E-state index contributed by atoms with van der Waals surface area (Å²) in [6.07, 6.45) is 6.83. The molecule has 0 aromatic carbocycles. The molecule has 1 rings (SSSR count). The van der Waals surface area contributed by atoms with E-state index in [0.29, 0.717) is 36.9 Å². The maximum atomic E-state index is 6.05. The summed E-state index contributed by atoms with van der Waals surface area (Å²) in [5, 5.41) is 0. The van der Waals surface area contributed by atoms with E-state index < -0.39 is 0 Å². The summed E-state index contributed by atoms with van der Waals surface area (Å²) in [4.78, 5) is 0. The van der Waals surface area contributed by atoms with E-state index in [1.54, 1.807) is 0 Å². The van der Waals surface area contributed by atoms with Crippen LogP contribution in [0.3, 0.4) is 0 Å². The topological polar surface area (TPSA) is 18.5 Å². The smallest absolute Gasteiger partial charge is 0.0893 e. The van der Waals surface area contributed by atoms with Crippen LogP contribution in [0.1, 0.15) is 27.7 Å². The van der Waals surface area contributed by atoms with Crippen molar-refractivity contribution in [2.24, 2.45) is 17.8 Å². The molecule has 0 fully saturated rings. The van der Waals surface area contributed by atoms with E-state index >= 15 is 0 Å². The van der Waals surface area contributed by atoms with Gasteiger partial charge in [-0.2, -0.15) is 12.6 Å².